The smallest absolute Gasteiger partial charge is 0.186 e. The Morgan fingerprint density at radius 2 is 1.96 bits per heavy atom. The van der Waals surface area contributed by atoms with Crippen molar-refractivity contribution in [3.63, 3.8) is 0 Å². The number of hydrogen-bond acceptors (Lipinski definition) is 4. The molecule has 4 rings (SSSR count). The molecule has 0 aliphatic heterocycles. The third kappa shape index (κ3) is 3.38. The zero-order chi connectivity index (χ0) is 17.8. The van der Waals surface area contributed by atoms with Gasteiger partial charge >= 0.3 is 0 Å². The molecule has 0 spiro atoms. The third-order valence-corrected chi connectivity index (χ3v) is 4.60. The highest BCUT2D eigenvalue weighted by molar-refractivity contribution is 7.08. The number of nitrogens with zero attached hydrogens (tertiary/aromatic N) is 3. The number of para-hydroxylation sites is 1. The van der Waals surface area contributed by atoms with Gasteiger partial charge in [0.05, 0.1) is 5.69 Å². The van der Waals surface area contributed by atoms with Crippen molar-refractivity contribution in [2.45, 2.75) is 0 Å². The lowest BCUT2D eigenvalue weighted by Crippen LogP contribution is -1.94. The highest BCUT2D eigenvalue weighted by Gasteiger charge is 2.11. The molecule has 0 radical (unpaired) electrons. The van der Waals surface area contributed by atoms with E-state index in [9.17, 15) is 4.79 Å². The number of allylic oxidation sites excluding steroid dienone is 1. The molecule has 126 valence electrons. The summed E-state index contributed by atoms with van der Waals surface area (Å²) < 4.78 is 1.82. The van der Waals surface area contributed by atoms with Gasteiger partial charge in [-0.15, -0.1) is 0 Å². The lowest BCUT2D eigenvalue weighted by atomic mass is 10.1. The molecule has 4 nitrogen and oxygen atoms in total. The van der Waals surface area contributed by atoms with Crippen LogP contribution in [-0.2, 0) is 0 Å². The van der Waals surface area contributed by atoms with Gasteiger partial charge in [-0.1, -0.05) is 18.2 Å². The molecule has 0 N–H and O–H groups in total. The second kappa shape index (κ2) is 7.29. The molecule has 26 heavy (non-hydrogen) atoms. The molecule has 3 aromatic heterocycles. The van der Waals surface area contributed by atoms with Gasteiger partial charge < -0.3 is 0 Å². The van der Waals surface area contributed by atoms with E-state index < -0.39 is 0 Å². The Morgan fingerprint density at radius 1 is 1.08 bits per heavy atom. The minimum absolute atomic E-state index is 0.0177. The normalized spacial score (nSPS) is 11.1. The Morgan fingerprint density at radius 3 is 2.69 bits per heavy atom. The molecular weight excluding hydrogens is 342 g/mol. The number of rotatable bonds is 5. The van der Waals surface area contributed by atoms with Crippen molar-refractivity contribution in [2.75, 3.05) is 0 Å². The van der Waals surface area contributed by atoms with Crippen LogP contribution in [0.5, 0.6) is 0 Å². The summed E-state index contributed by atoms with van der Waals surface area (Å²) in [6.45, 7) is 0. The Hall–Kier alpha value is -3.31. The molecule has 5 heteroatoms. The van der Waals surface area contributed by atoms with E-state index in [1.807, 2.05) is 76.2 Å². The number of aromatic nitrogens is 3. The molecule has 0 atom stereocenters. The number of benzene rings is 1. The van der Waals surface area contributed by atoms with E-state index in [0.717, 1.165) is 22.5 Å². The molecule has 0 unspecified atom stereocenters. The summed E-state index contributed by atoms with van der Waals surface area (Å²) in [5.74, 6) is -0.0177. The van der Waals surface area contributed by atoms with Gasteiger partial charge in [-0.05, 0) is 47.9 Å². The molecule has 3 heterocycles. The largest absolute Gasteiger partial charge is 0.289 e. The summed E-state index contributed by atoms with van der Waals surface area (Å²) in [4.78, 5) is 16.5. The predicted octanol–water partition coefficient (Wildman–Crippen LogP) is 4.89. The summed E-state index contributed by atoms with van der Waals surface area (Å²) >= 11 is 1.51. The van der Waals surface area contributed by atoms with Crippen molar-refractivity contribution in [3.8, 4) is 16.9 Å². The lowest BCUT2D eigenvalue weighted by Gasteiger charge is -1.99. The molecule has 0 saturated carbocycles. The van der Waals surface area contributed by atoms with Crippen LogP contribution in [0.15, 0.2) is 84.0 Å². The van der Waals surface area contributed by atoms with Crippen LogP contribution < -0.4 is 0 Å². The van der Waals surface area contributed by atoms with Crippen LogP contribution in [0.25, 0.3) is 23.0 Å². The third-order valence-electron chi connectivity index (χ3n) is 3.92. The van der Waals surface area contributed by atoms with E-state index in [2.05, 4.69) is 4.98 Å². The summed E-state index contributed by atoms with van der Waals surface area (Å²) in [6, 6.07) is 15.5. The van der Waals surface area contributed by atoms with Gasteiger partial charge in [0.2, 0.25) is 0 Å². The van der Waals surface area contributed by atoms with Crippen molar-refractivity contribution >= 4 is 23.2 Å². The molecule has 0 aliphatic carbocycles. The average molecular weight is 357 g/mol. The molecule has 0 fully saturated rings. The Balaban J connectivity index is 1.74. The standard InChI is InChI=1S/C21H15N3OS/c25-20(18-10-12-26-15-18)9-8-17-14-24(19-6-2-1-3-7-19)23-21(17)16-5-4-11-22-13-16/h1-15H/b9-8+. The van der Waals surface area contributed by atoms with Crippen molar-refractivity contribution in [3.05, 3.63) is 95.1 Å². The first-order chi connectivity index (χ1) is 12.8. The molecule has 0 saturated heterocycles. The van der Waals surface area contributed by atoms with Gasteiger partial charge in [-0.2, -0.15) is 16.4 Å². The van der Waals surface area contributed by atoms with E-state index in [0.29, 0.717) is 5.56 Å². The topological polar surface area (TPSA) is 47.8 Å². The number of hydrogen-bond donors (Lipinski definition) is 0. The molecular formula is C21H15N3OS. The van der Waals surface area contributed by atoms with Crippen LogP contribution in [0, 0.1) is 0 Å². The number of carbonyl (C=O) groups excluding carboxylic acids is 1. The summed E-state index contributed by atoms with van der Waals surface area (Å²) in [6.07, 6.45) is 8.83. The fourth-order valence-electron chi connectivity index (χ4n) is 2.62. The van der Waals surface area contributed by atoms with E-state index >= 15 is 0 Å². The van der Waals surface area contributed by atoms with E-state index in [4.69, 9.17) is 5.10 Å². The average Bonchev–Trinajstić information content (AvgIpc) is 3.38. The Kier molecular flexibility index (Phi) is 4.53. The number of ketones is 1. The van der Waals surface area contributed by atoms with Gasteiger partial charge in [0.1, 0.15) is 5.69 Å². The quantitative estimate of drug-likeness (QED) is 0.377. The van der Waals surface area contributed by atoms with Crippen molar-refractivity contribution in [2.24, 2.45) is 0 Å². The highest BCUT2D eigenvalue weighted by atomic mass is 32.1. The first-order valence-electron chi connectivity index (χ1n) is 8.11. The van der Waals surface area contributed by atoms with Crippen LogP contribution in [0.2, 0.25) is 0 Å². The summed E-state index contributed by atoms with van der Waals surface area (Å²) in [5, 5.41) is 8.46. The maximum atomic E-state index is 12.3. The predicted molar refractivity (Wildman–Crippen MR) is 104 cm³/mol. The maximum absolute atomic E-state index is 12.3. The maximum Gasteiger partial charge on any atom is 0.186 e. The fraction of sp³-hybridized carbons (Fsp3) is 0. The lowest BCUT2D eigenvalue weighted by molar-refractivity contribution is 0.104. The van der Waals surface area contributed by atoms with Crippen LogP contribution in [-0.4, -0.2) is 20.5 Å². The second-order valence-corrected chi connectivity index (χ2v) is 6.44. The van der Waals surface area contributed by atoms with Gasteiger partial charge in [0.15, 0.2) is 5.78 Å². The SMILES string of the molecule is O=C(/C=C/c1cn(-c2ccccc2)nc1-c1cccnc1)c1ccsc1. The highest BCUT2D eigenvalue weighted by Crippen LogP contribution is 2.24. The summed E-state index contributed by atoms with van der Waals surface area (Å²) in [7, 11) is 0. The number of pyridine rings is 1. The van der Waals surface area contributed by atoms with Crippen molar-refractivity contribution in [1.82, 2.24) is 14.8 Å². The fourth-order valence-corrected chi connectivity index (χ4v) is 3.26. The van der Waals surface area contributed by atoms with Gasteiger partial charge in [0, 0.05) is 40.7 Å². The van der Waals surface area contributed by atoms with E-state index in [1.54, 1.807) is 18.5 Å². The number of carbonyl (C=O) groups is 1. The van der Waals surface area contributed by atoms with Crippen molar-refractivity contribution < 1.29 is 4.79 Å². The first kappa shape index (κ1) is 16.2. The monoisotopic (exact) mass is 357 g/mol. The molecule has 0 aliphatic rings. The van der Waals surface area contributed by atoms with E-state index in [-0.39, 0.29) is 5.78 Å². The van der Waals surface area contributed by atoms with Crippen LogP contribution in [0.4, 0.5) is 0 Å². The minimum atomic E-state index is -0.0177. The van der Waals surface area contributed by atoms with E-state index in [1.165, 1.54) is 11.3 Å². The zero-order valence-electron chi connectivity index (χ0n) is 13.8. The molecule has 4 aromatic rings. The van der Waals surface area contributed by atoms with Crippen LogP contribution >= 0.6 is 11.3 Å². The molecule has 1 aromatic carbocycles. The Labute approximate surface area is 155 Å². The van der Waals surface area contributed by atoms with Gasteiger partial charge in [-0.3, -0.25) is 9.78 Å². The van der Waals surface area contributed by atoms with Crippen molar-refractivity contribution in [1.29, 1.82) is 0 Å². The minimum Gasteiger partial charge on any atom is -0.289 e. The summed E-state index contributed by atoms with van der Waals surface area (Å²) in [5.41, 5.74) is 4.22. The molecule has 0 amide bonds. The zero-order valence-corrected chi connectivity index (χ0v) is 14.6. The second-order valence-electron chi connectivity index (χ2n) is 5.66. The molecule has 0 bridgehead atoms. The van der Waals surface area contributed by atoms with Crippen LogP contribution in [0.3, 0.4) is 0 Å². The number of thiophene rings is 1. The van der Waals surface area contributed by atoms with Crippen LogP contribution in [0.1, 0.15) is 15.9 Å². The first-order valence-corrected chi connectivity index (χ1v) is 9.05. The van der Waals surface area contributed by atoms with Gasteiger partial charge in [0.25, 0.3) is 0 Å². The Bertz CT molecular complexity index is 1040. The van der Waals surface area contributed by atoms with Gasteiger partial charge in [-0.25, -0.2) is 4.68 Å².